The number of unbranched alkanes of at least 4 members (excludes halogenated alkanes) is 1. The van der Waals surface area contributed by atoms with Crippen LogP contribution in [0.2, 0.25) is 0 Å². The molecule has 5 nitrogen and oxygen atoms in total. The number of amides is 2. The SMILES string of the molecule is Cc1ccnc(-c2cc(CCCCN3C(=O)c4ccccc4C3=O)ccn2)c1. The molecule has 2 amide bonds. The number of pyridine rings is 2. The molecule has 3 aromatic rings. The zero-order valence-electron chi connectivity index (χ0n) is 15.8. The van der Waals surface area contributed by atoms with Crippen LogP contribution in [0, 0.1) is 6.92 Å². The lowest BCUT2D eigenvalue weighted by Gasteiger charge is -2.13. The quantitative estimate of drug-likeness (QED) is 0.484. The Labute approximate surface area is 164 Å². The van der Waals surface area contributed by atoms with Crippen molar-refractivity contribution in [3.8, 4) is 11.4 Å². The summed E-state index contributed by atoms with van der Waals surface area (Å²) in [5, 5.41) is 0. The molecule has 0 saturated heterocycles. The summed E-state index contributed by atoms with van der Waals surface area (Å²) in [7, 11) is 0. The normalized spacial score (nSPS) is 13.1. The van der Waals surface area contributed by atoms with E-state index in [2.05, 4.69) is 16.0 Å². The van der Waals surface area contributed by atoms with Crippen LogP contribution in [0.5, 0.6) is 0 Å². The zero-order chi connectivity index (χ0) is 19.5. The van der Waals surface area contributed by atoms with E-state index in [1.54, 1.807) is 36.7 Å². The number of imide groups is 1. The molecular formula is C23H21N3O2. The topological polar surface area (TPSA) is 63.2 Å². The number of hydrogen-bond acceptors (Lipinski definition) is 4. The number of nitrogens with zero attached hydrogens (tertiary/aromatic N) is 3. The van der Waals surface area contributed by atoms with Gasteiger partial charge in [0, 0.05) is 18.9 Å². The van der Waals surface area contributed by atoms with Crippen molar-refractivity contribution in [1.82, 2.24) is 14.9 Å². The maximum atomic E-state index is 12.4. The van der Waals surface area contributed by atoms with Gasteiger partial charge < -0.3 is 0 Å². The molecule has 2 aromatic heterocycles. The van der Waals surface area contributed by atoms with Crippen molar-refractivity contribution in [3.05, 3.63) is 83.2 Å². The molecular weight excluding hydrogens is 350 g/mol. The van der Waals surface area contributed by atoms with E-state index in [0.29, 0.717) is 17.7 Å². The van der Waals surface area contributed by atoms with Gasteiger partial charge in [-0.2, -0.15) is 0 Å². The first kappa shape index (κ1) is 18.0. The van der Waals surface area contributed by atoms with Gasteiger partial charge in [-0.15, -0.1) is 0 Å². The van der Waals surface area contributed by atoms with Crippen LogP contribution in [-0.4, -0.2) is 33.2 Å². The Bertz CT molecular complexity index is 1010. The number of fused-ring (bicyclic) bond motifs is 1. The number of carbonyl (C=O) groups is 2. The first-order chi connectivity index (χ1) is 13.6. The van der Waals surface area contributed by atoms with E-state index < -0.39 is 0 Å². The lowest BCUT2D eigenvalue weighted by Crippen LogP contribution is -2.30. The third kappa shape index (κ3) is 3.56. The molecule has 0 atom stereocenters. The van der Waals surface area contributed by atoms with Crippen LogP contribution in [0.15, 0.2) is 60.9 Å². The molecule has 5 heteroatoms. The van der Waals surface area contributed by atoms with Crippen molar-refractivity contribution in [2.24, 2.45) is 0 Å². The van der Waals surface area contributed by atoms with Crippen molar-refractivity contribution >= 4 is 11.8 Å². The van der Waals surface area contributed by atoms with Crippen LogP contribution in [0.3, 0.4) is 0 Å². The van der Waals surface area contributed by atoms with Gasteiger partial charge in [-0.3, -0.25) is 24.5 Å². The number of hydrogen-bond donors (Lipinski definition) is 0. The fourth-order valence-corrected chi connectivity index (χ4v) is 3.49. The molecule has 0 fully saturated rings. The largest absolute Gasteiger partial charge is 0.274 e. The van der Waals surface area contributed by atoms with Crippen LogP contribution < -0.4 is 0 Å². The van der Waals surface area contributed by atoms with E-state index in [4.69, 9.17) is 0 Å². The van der Waals surface area contributed by atoms with Crippen molar-refractivity contribution in [2.75, 3.05) is 6.54 Å². The van der Waals surface area contributed by atoms with Crippen LogP contribution in [0.25, 0.3) is 11.4 Å². The number of aryl methyl sites for hydroxylation is 2. The van der Waals surface area contributed by atoms with E-state index in [-0.39, 0.29) is 11.8 Å². The summed E-state index contributed by atoms with van der Waals surface area (Å²) < 4.78 is 0. The molecule has 140 valence electrons. The molecule has 1 aliphatic heterocycles. The highest BCUT2D eigenvalue weighted by molar-refractivity contribution is 6.21. The zero-order valence-corrected chi connectivity index (χ0v) is 15.8. The molecule has 1 aromatic carbocycles. The fourth-order valence-electron chi connectivity index (χ4n) is 3.49. The molecule has 0 aliphatic carbocycles. The first-order valence-electron chi connectivity index (χ1n) is 9.46. The highest BCUT2D eigenvalue weighted by Gasteiger charge is 2.34. The lowest BCUT2D eigenvalue weighted by molar-refractivity contribution is 0.0652. The highest BCUT2D eigenvalue weighted by atomic mass is 16.2. The van der Waals surface area contributed by atoms with Crippen LogP contribution in [0.1, 0.15) is 44.7 Å². The van der Waals surface area contributed by atoms with E-state index >= 15 is 0 Å². The van der Waals surface area contributed by atoms with Crippen LogP contribution >= 0.6 is 0 Å². The van der Waals surface area contributed by atoms with Gasteiger partial charge >= 0.3 is 0 Å². The predicted molar refractivity (Wildman–Crippen MR) is 107 cm³/mol. The number of rotatable bonds is 6. The van der Waals surface area contributed by atoms with Gasteiger partial charge in [-0.05, 0) is 73.7 Å². The molecule has 28 heavy (non-hydrogen) atoms. The fraction of sp³-hybridized carbons (Fsp3) is 0.217. The number of benzene rings is 1. The monoisotopic (exact) mass is 371 g/mol. The van der Waals surface area contributed by atoms with E-state index in [1.165, 1.54) is 10.5 Å². The summed E-state index contributed by atoms with van der Waals surface area (Å²) in [4.78, 5) is 35.0. The maximum Gasteiger partial charge on any atom is 0.261 e. The molecule has 4 rings (SSSR count). The second-order valence-corrected chi connectivity index (χ2v) is 7.03. The Morgan fingerprint density at radius 1 is 0.821 bits per heavy atom. The average molecular weight is 371 g/mol. The van der Waals surface area contributed by atoms with Crippen molar-refractivity contribution in [1.29, 1.82) is 0 Å². The summed E-state index contributed by atoms with van der Waals surface area (Å²) in [5.74, 6) is -0.366. The Morgan fingerprint density at radius 2 is 1.46 bits per heavy atom. The molecule has 0 spiro atoms. The second-order valence-electron chi connectivity index (χ2n) is 7.03. The Morgan fingerprint density at radius 3 is 2.14 bits per heavy atom. The Hall–Kier alpha value is -3.34. The standard InChI is InChI=1S/C23H21N3O2/c1-16-9-11-24-20(14-16)21-15-17(10-12-25-21)6-4-5-13-26-22(27)18-7-2-3-8-19(18)23(26)28/h2-3,7-12,14-15H,4-6,13H2,1H3. The van der Waals surface area contributed by atoms with Gasteiger partial charge in [0.2, 0.25) is 0 Å². The summed E-state index contributed by atoms with van der Waals surface area (Å²) in [6.45, 7) is 2.48. The van der Waals surface area contributed by atoms with E-state index in [9.17, 15) is 9.59 Å². The summed E-state index contributed by atoms with van der Waals surface area (Å²) in [6.07, 6.45) is 6.12. The molecule has 1 aliphatic rings. The van der Waals surface area contributed by atoms with Gasteiger partial charge in [0.25, 0.3) is 11.8 Å². The molecule has 3 heterocycles. The summed E-state index contributed by atoms with van der Waals surface area (Å²) in [5.41, 5.74) is 5.08. The van der Waals surface area contributed by atoms with Crippen molar-refractivity contribution in [3.63, 3.8) is 0 Å². The maximum absolute atomic E-state index is 12.4. The summed E-state index contributed by atoms with van der Waals surface area (Å²) in [6, 6.07) is 15.1. The smallest absolute Gasteiger partial charge is 0.261 e. The molecule has 0 bridgehead atoms. The van der Waals surface area contributed by atoms with Gasteiger partial charge in [0.05, 0.1) is 22.5 Å². The third-order valence-corrected chi connectivity index (χ3v) is 4.98. The number of carbonyl (C=O) groups excluding carboxylic acids is 2. The molecule has 0 saturated carbocycles. The third-order valence-electron chi connectivity index (χ3n) is 4.98. The molecule has 0 N–H and O–H groups in total. The molecule has 0 radical (unpaired) electrons. The van der Waals surface area contributed by atoms with E-state index in [0.717, 1.165) is 36.2 Å². The van der Waals surface area contributed by atoms with Crippen molar-refractivity contribution in [2.45, 2.75) is 26.2 Å². The Balaban J connectivity index is 1.35. The molecule has 0 unspecified atom stereocenters. The highest BCUT2D eigenvalue weighted by Crippen LogP contribution is 2.23. The van der Waals surface area contributed by atoms with Gasteiger partial charge in [-0.1, -0.05) is 12.1 Å². The minimum atomic E-state index is -0.183. The number of aromatic nitrogens is 2. The van der Waals surface area contributed by atoms with Gasteiger partial charge in [-0.25, -0.2) is 0 Å². The second kappa shape index (κ2) is 7.72. The lowest BCUT2D eigenvalue weighted by atomic mass is 10.1. The average Bonchev–Trinajstić information content (AvgIpc) is 2.96. The van der Waals surface area contributed by atoms with Gasteiger partial charge in [0.1, 0.15) is 0 Å². The van der Waals surface area contributed by atoms with Crippen LogP contribution in [0.4, 0.5) is 0 Å². The minimum absolute atomic E-state index is 0.183. The summed E-state index contributed by atoms with van der Waals surface area (Å²) >= 11 is 0. The predicted octanol–water partition coefficient (Wildman–Crippen LogP) is 4.07. The minimum Gasteiger partial charge on any atom is -0.274 e. The van der Waals surface area contributed by atoms with Gasteiger partial charge in [0.15, 0.2) is 0 Å². The first-order valence-corrected chi connectivity index (χ1v) is 9.46. The van der Waals surface area contributed by atoms with Crippen LogP contribution in [-0.2, 0) is 6.42 Å². The van der Waals surface area contributed by atoms with Crippen molar-refractivity contribution < 1.29 is 9.59 Å². The van der Waals surface area contributed by atoms with E-state index in [1.807, 2.05) is 25.1 Å². The Kier molecular flexibility index (Phi) is 4.98.